The minimum Gasteiger partial charge on any atom is -0.380 e. The molecule has 1 heterocycles. The van der Waals surface area contributed by atoms with Crippen LogP contribution in [0.15, 0.2) is 0 Å². The van der Waals surface area contributed by atoms with Crippen molar-refractivity contribution in [3.63, 3.8) is 0 Å². The SMILES string of the molecule is CCCOCCN1CCCNC(C)(CC)C1. The van der Waals surface area contributed by atoms with Crippen molar-refractivity contribution in [3.8, 4) is 0 Å². The van der Waals surface area contributed by atoms with Gasteiger partial charge in [0, 0.05) is 25.2 Å². The second-order valence-corrected chi connectivity index (χ2v) is 5.08. The molecule has 0 aromatic rings. The van der Waals surface area contributed by atoms with Gasteiger partial charge in [-0.25, -0.2) is 0 Å². The molecule has 1 unspecified atom stereocenters. The lowest BCUT2D eigenvalue weighted by Crippen LogP contribution is -2.49. The zero-order chi connectivity index (χ0) is 11.9. The molecule has 1 rings (SSSR count). The maximum absolute atomic E-state index is 5.57. The molecule has 0 spiro atoms. The van der Waals surface area contributed by atoms with Crippen molar-refractivity contribution in [1.29, 1.82) is 0 Å². The van der Waals surface area contributed by atoms with Gasteiger partial charge in [0.2, 0.25) is 0 Å². The molecular formula is C13H28N2O. The summed E-state index contributed by atoms with van der Waals surface area (Å²) in [4.78, 5) is 2.54. The van der Waals surface area contributed by atoms with Crippen LogP contribution in [0.3, 0.4) is 0 Å². The van der Waals surface area contributed by atoms with Gasteiger partial charge in [-0.15, -0.1) is 0 Å². The fourth-order valence-corrected chi connectivity index (χ4v) is 2.19. The summed E-state index contributed by atoms with van der Waals surface area (Å²) in [6.45, 7) is 13.1. The fraction of sp³-hybridized carbons (Fsp3) is 1.00. The Morgan fingerprint density at radius 3 is 2.81 bits per heavy atom. The Balaban J connectivity index is 2.28. The molecule has 96 valence electrons. The predicted octanol–water partition coefficient (Wildman–Crippen LogP) is 1.88. The van der Waals surface area contributed by atoms with Crippen LogP contribution in [-0.4, -0.2) is 49.8 Å². The molecule has 3 nitrogen and oxygen atoms in total. The molecule has 1 N–H and O–H groups in total. The van der Waals surface area contributed by atoms with Crippen molar-refractivity contribution in [2.45, 2.75) is 45.6 Å². The molecule has 1 saturated heterocycles. The molecular weight excluding hydrogens is 200 g/mol. The topological polar surface area (TPSA) is 24.5 Å². The lowest BCUT2D eigenvalue weighted by molar-refractivity contribution is 0.0971. The first kappa shape index (κ1) is 13.9. The largest absolute Gasteiger partial charge is 0.380 e. The van der Waals surface area contributed by atoms with E-state index in [0.717, 1.165) is 39.3 Å². The summed E-state index contributed by atoms with van der Waals surface area (Å²) in [5.74, 6) is 0. The van der Waals surface area contributed by atoms with Gasteiger partial charge >= 0.3 is 0 Å². The normalized spacial score (nSPS) is 27.9. The minimum absolute atomic E-state index is 0.293. The Labute approximate surface area is 101 Å². The van der Waals surface area contributed by atoms with E-state index in [1.54, 1.807) is 0 Å². The van der Waals surface area contributed by atoms with E-state index in [0.29, 0.717) is 5.54 Å². The smallest absolute Gasteiger partial charge is 0.0593 e. The highest BCUT2D eigenvalue weighted by Crippen LogP contribution is 2.14. The van der Waals surface area contributed by atoms with Crippen molar-refractivity contribution in [2.24, 2.45) is 0 Å². The maximum atomic E-state index is 5.57. The zero-order valence-corrected chi connectivity index (χ0v) is 11.2. The average Bonchev–Trinajstić information content (AvgIpc) is 2.47. The Hall–Kier alpha value is -0.120. The Morgan fingerprint density at radius 2 is 2.12 bits per heavy atom. The van der Waals surface area contributed by atoms with E-state index in [1.807, 2.05) is 0 Å². The van der Waals surface area contributed by atoms with Gasteiger partial charge in [-0.1, -0.05) is 13.8 Å². The molecule has 16 heavy (non-hydrogen) atoms. The van der Waals surface area contributed by atoms with Crippen molar-refractivity contribution in [2.75, 3.05) is 39.4 Å². The summed E-state index contributed by atoms with van der Waals surface area (Å²) >= 11 is 0. The number of nitrogens with zero attached hydrogens (tertiary/aromatic N) is 1. The third-order valence-electron chi connectivity index (χ3n) is 3.46. The van der Waals surface area contributed by atoms with Crippen LogP contribution < -0.4 is 5.32 Å². The van der Waals surface area contributed by atoms with E-state index in [1.165, 1.54) is 19.4 Å². The fourth-order valence-electron chi connectivity index (χ4n) is 2.19. The van der Waals surface area contributed by atoms with E-state index in [4.69, 9.17) is 4.74 Å². The van der Waals surface area contributed by atoms with E-state index in [-0.39, 0.29) is 0 Å². The van der Waals surface area contributed by atoms with Gasteiger partial charge in [-0.2, -0.15) is 0 Å². The van der Waals surface area contributed by atoms with Crippen molar-refractivity contribution >= 4 is 0 Å². The molecule has 3 heteroatoms. The predicted molar refractivity (Wildman–Crippen MR) is 68.9 cm³/mol. The summed E-state index contributed by atoms with van der Waals surface area (Å²) < 4.78 is 5.57. The van der Waals surface area contributed by atoms with Gasteiger partial charge in [0.15, 0.2) is 0 Å². The highest BCUT2D eigenvalue weighted by Gasteiger charge is 2.26. The summed E-state index contributed by atoms with van der Waals surface area (Å²) in [7, 11) is 0. The molecule has 0 saturated carbocycles. The second-order valence-electron chi connectivity index (χ2n) is 5.08. The van der Waals surface area contributed by atoms with E-state index >= 15 is 0 Å². The van der Waals surface area contributed by atoms with Gasteiger partial charge < -0.3 is 10.1 Å². The number of hydrogen-bond acceptors (Lipinski definition) is 3. The van der Waals surface area contributed by atoms with Crippen molar-refractivity contribution in [3.05, 3.63) is 0 Å². The number of rotatable bonds is 6. The zero-order valence-electron chi connectivity index (χ0n) is 11.2. The molecule has 0 aliphatic carbocycles. The lowest BCUT2D eigenvalue weighted by Gasteiger charge is -2.32. The first-order valence-corrected chi connectivity index (χ1v) is 6.75. The Kier molecular flexibility index (Phi) is 6.32. The van der Waals surface area contributed by atoms with Crippen LogP contribution >= 0.6 is 0 Å². The number of hydrogen-bond donors (Lipinski definition) is 1. The van der Waals surface area contributed by atoms with E-state index in [2.05, 4.69) is 31.0 Å². The van der Waals surface area contributed by atoms with Crippen LogP contribution in [0.4, 0.5) is 0 Å². The van der Waals surface area contributed by atoms with E-state index < -0.39 is 0 Å². The van der Waals surface area contributed by atoms with Crippen molar-refractivity contribution in [1.82, 2.24) is 10.2 Å². The van der Waals surface area contributed by atoms with Crippen molar-refractivity contribution < 1.29 is 4.74 Å². The molecule has 1 fully saturated rings. The van der Waals surface area contributed by atoms with Crippen LogP contribution in [0, 0.1) is 0 Å². The van der Waals surface area contributed by atoms with Gasteiger partial charge in [0.05, 0.1) is 6.61 Å². The summed E-state index contributed by atoms with van der Waals surface area (Å²) in [5.41, 5.74) is 0.293. The summed E-state index contributed by atoms with van der Waals surface area (Å²) in [6, 6.07) is 0. The maximum Gasteiger partial charge on any atom is 0.0593 e. The van der Waals surface area contributed by atoms with Crippen LogP contribution in [-0.2, 0) is 4.74 Å². The van der Waals surface area contributed by atoms with Gasteiger partial charge in [-0.3, -0.25) is 4.90 Å². The summed E-state index contributed by atoms with van der Waals surface area (Å²) in [6.07, 6.45) is 3.57. The Bertz CT molecular complexity index is 187. The number of nitrogens with one attached hydrogen (secondary N) is 1. The molecule has 0 aromatic heterocycles. The molecule has 0 aromatic carbocycles. The standard InChI is InChI=1S/C13H28N2O/c1-4-10-16-11-9-15-8-6-7-14-13(3,5-2)12-15/h14H,4-12H2,1-3H3. The summed E-state index contributed by atoms with van der Waals surface area (Å²) in [5, 5.41) is 3.66. The van der Waals surface area contributed by atoms with Crippen LogP contribution in [0.1, 0.15) is 40.0 Å². The molecule has 1 aliphatic heterocycles. The minimum atomic E-state index is 0.293. The molecule has 0 amide bonds. The molecule has 1 atom stereocenters. The number of ether oxygens (including phenoxy) is 1. The third-order valence-corrected chi connectivity index (χ3v) is 3.46. The quantitative estimate of drug-likeness (QED) is 0.703. The third kappa shape index (κ3) is 4.81. The first-order chi connectivity index (χ1) is 7.70. The Morgan fingerprint density at radius 1 is 1.31 bits per heavy atom. The van der Waals surface area contributed by atoms with Crippen LogP contribution in [0.25, 0.3) is 0 Å². The van der Waals surface area contributed by atoms with Gasteiger partial charge in [0.1, 0.15) is 0 Å². The lowest BCUT2D eigenvalue weighted by atomic mass is 9.99. The average molecular weight is 228 g/mol. The van der Waals surface area contributed by atoms with Gasteiger partial charge in [0.25, 0.3) is 0 Å². The van der Waals surface area contributed by atoms with Crippen LogP contribution in [0.2, 0.25) is 0 Å². The molecule has 0 bridgehead atoms. The van der Waals surface area contributed by atoms with E-state index in [9.17, 15) is 0 Å². The highest BCUT2D eigenvalue weighted by atomic mass is 16.5. The molecule has 0 radical (unpaired) electrons. The molecule has 1 aliphatic rings. The van der Waals surface area contributed by atoms with Crippen LogP contribution in [0.5, 0.6) is 0 Å². The second kappa shape index (κ2) is 7.25. The van der Waals surface area contributed by atoms with Gasteiger partial charge in [-0.05, 0) is 39.3 Å². The first-order valence-electron chi connectivity index (χ1n) is 6.75. The monoisotopic (exact) mass is 228 g/mol. The highest BCUT2D eigenvalue weighted by molar-refractivity contribution is 4.87.